The summed E-state index contributed by atoms with van der Waals surface area (Å²) in [6.45, 7) is 1.88. The van der Waals surface area contributed by atoms with Gasteiger partial charge in [0.2, 0.25) is 0 Å². The fourth-order valence-electron chi connectivity index (χ4n) is 3.17. The van der Waals surface area contributed by atoms with Crippen LogP contribution in [0.3, 0.4) is 0 Å². The molecule has 0 aliphatic rings. The van der Waals surface area contributed by atoms with E-state index < -0.39 is 10.0 Å². The fourth-order valence-corrected chi connectivity index (χ4v) is 4.84. The molecule has 30 heavy (non-hydrogen) atoms. The first-order valence-electron chi connectivity index (χ1n) is 9.33. The van der Waals surface area contributed by atoms with E-state index in [0.717, 1.165) is 5.56 Å². The normalized spacial score (nSPS) is 11.1. The zero-order valence-corrected chi connectivity index (χ0v) is 18.3. The maximum atomic E-state index is 13.7. The SMILES string of the molecule is COc1cc(CN(c2cccc(OC)c2)S(=O)(=O)c2ccccc2C)cc(OC)c1. The summed E-state index contributed by atoms with van der Waals surface area (Å²) in [6, 6.07) is 19.3. The molecule has 0 aromatic heterocycles. The first-order chi connectivity index (χ1) is 14.4. The maximum absolute atomic E-state index is 13.7. The second-order valence-electron chi connectivity index (χ2n) is 6.70. The van der Waals surface area contributed by atoms with E-state index in [2.05, 4.69) is 0 Å². The third-order valence-electron chi connectivity index (χ3n) is 4.74. The van der Waals surface area contributed by atoms with Gasteiger partial charge in [0.1, 0.15) is 17.2 Å². The number of aryl methyl sites for hydroxylation is 1. The summed E-state index contributed by atoms with van der Waals surface area (Å²) in [6.07, 6.45) is 0. The van der Waals surface area contributed by atoms with Gasteiger partial charge in [-0.25, -0.2) is 8.42 Å². The van der Waals surface area contributed by atoms with Crippen LogP contribution in [0.1, 0.15) is 11.1 Å². The van der Waals surface area contributed by atoms with Gasteiger partial charge in [0.05, 0.1) is 38.5 Å². The number of sulfonamides is 1. The highest BCUT2D eigenvalue weighted by Crippen LogP contribution is 2.31. The van der Waals surface area contributed by atoms with Crippen molar-refractivity contribution in [1.29, 1.82) is 0 Å². The van der Waals surface area contributed by atoms with Crippen molar-refractivity contribution in [1.82, 2.24) is 0 Å². The van der Waals surface area contributed by atoms with Gasteiger partial charge in [-0.1, -0.05) is 24.3 Å². The van der Waals surface area contributed by atoms with Gasteiger partial charge in [-0.3, -0.25) is 4.31 Å². The molecule has 0 N–H and O–H groups in total. The van der Waals surface area contributed by atoms with E-state index in [9.17, 15) is 8.42 Å². The van der Waals surface area contributed by atoms with Crippen LogP contribution < -0.4 is 18.5 Å². The Labute approximate surface area is 177 Å². The average Bonchev–Trinajstić information content (AvgIpc) is 2.77. The second-order valence-corrected chi connectivity index (χ2v) is 8.53. The molecule has 0 aliphatic carbocycles. The molecular weight excluding hydrogens is 402 g/mol. The molecule has 0 spiro atoms. The molecule has 0 heterocycles. The zero-order valence-electron chi connectivity index (χ0n) is 17.5. The van der Waals surface area contributed by atoms with Crippen LogP contribution in [0.5, 0.6) is 17.2 Å². The van der Waals surface area contributed by atoms with E-state index in [0.29, 0.717) is 28.5 Å². The van der Waals surface area contributed by atoms with Crippen LogP contribution in [0.25, 0.3) is 0 Å². The fraction of sp³-hybridized carbons (Fsp3) is 0.217. The van der Waals surface area contributed by atoms with Crippen molar-refractivity contribution >= 4 is 15.7 Å². The van der Waals surface area contributed by atoms with Crippen LogP contribution in [-0.4, -0.2) is 29.7 Å². The van der Waals surface area contributed by atoms with Gasteiger partial charge < -0.3 is 14.2 Å². The molecule has 0 fully saturated rings. The van der Waals surface area contributed by atoms with Gasteiger partial charge in [-0.15, -0.1) is 0 Å². The number of rotatable bonds is 8. The lowest BCUT2D eigenvalue weighted by molar-refractivity contribution is 0.393. The minimum Gasteiger partial charge on any atom is -0.497 e. The molecule has 0 unspecified atom stereocenters. The van der Waals surface area contributed by atoms with E-state index in [4.69, 9.17) is 14.2 Å². The predicted molar refractivity (Wildman–Crippen MR) is 117 cm³/mol. The largest absolute Gasteiger partial charge is 0.497 e. The van der Waals surface area contributed by atoms with E-state index >= 15 is 0 Å². The van der Waals surface area contributed by atoms with E-state index in [1.54, 1.807) is 88.9 Å². The number of hydrogen-bond acceptors (Lipinski definition) is 5. The Hall–Kier alpha value is -3.19. The van der Waals surface area contributed by atoms with Crippen molar-refractivity contribution in [3.63, 3.8) is 0 Å². The average molecular weight is 428 g/mol. The molecule has 7 heteroatoms. The molecule has 158 valence electrons. The number of anilines is 1. The van der Waals surface area contributed by atoms with Gasteiger partial charge >= 0.3 is 0 Å². The Balaban J connectivity index is 2.14. The summed E-state index contributed by atoms with van der Waals surface area (Å²) in [5.41, 5.74) is 1.90. The first kappa shape index (κ1) is 21.5. The highest BCUT2D eigenvalue weighted by Gasteiger charge is 2.27. The first-order valence-corrected chi connectivity index (χ1v) is 10.8. The van der Waals surface area contributed by atoms with Gasteiger partial charge in [0, 0.05) is 12.1 Å². The zero-order chi connectivity index (χ0) is 21.7. The van der Waals surface area contributed by atoms with Crippen molar-refractivity contribution in [2.75, 3.05) is 25.6 Å². The highest BCUT2D eigenvalue weighted by molar-refractivity contribution is 7.92. The lowest BCUT2D eigenvalue weighted by Crippen LogP contribution is -2.31. The number of hydrogen-bond donors (Lipinski definition) is 0. The molecule has 0 aliphatic heterocycles. The molecule has 0 amide bonds. The molecule has 3 rings (SSSR count). The van der Waals surface area contributed by atoms with Crippen molar-refractivity contribution in [2.24, 2.45) is 0 Å². The molecule has 0 bridgehead atoms. The third kappa shape index (κ3) is 4.52. The Morgan fingerprint density at radius 1 is 0.767 bits per heavy atom. The molecule has 0 saturated heterocycles. The van der Waals surface area contributed by atoms with E-state index in [1.807, 2.05) is 6.07 Å². The van der Waals surface area contributed by atoms with Gasteiger partial charge in [-0.05, 0) is 48.4 Å². The van der Waals surface area contributed by atoms with Crippen molar-refractivity contribution in [3.05, 3.63) is 77.9 Å². The van der Waals surface area contributed by atoms with Crippen LogP contribution in [0.2, 0.25) is 0 Å². The number of methoxy groups -OCH3 is 3. The molecule has 3 aromatic carbocycles. The quantitative estimate of drug-likeness (QED) is 0.533. The predicted octanol–water partition coefficient (Wildman–Crippen LogP) is 4.42. The van der Waals surface area contributed by atoms with Crippen LogP contribution >= 0.6 is 0 Å². The third-order valence-corrected chi connectivity index (χ3v) is 6.67. The Morgan fingerprint density at radius 3 is 2.00 bits per heavy atom. The van der Waals surface area contributed by atoms with Crippen LogP contribution in [0.4, 0.5) is 5.69 Å². The summed E-state index contributed by atoms with van der Waals surface area (Å²) in [4.78, 5) is 0.252. The van der Waals surface area contributed by atoms with Crippen LogP contribution in [0.15, 0.2) is 71.6 Å². The van der Waals surface area contributed by atoms with Gasteiger partial charge in [0.15, 0.2) is 0 Å². The monoisotopic (exact) mass is 427 g/mol. The molecule has 0 radical (unpaired) electrons. The maximum Gasteiger partial charge on any atom is 0.264 e. The summed E-state index contributed by atoms with van der Waals surface area (Å²) in [5.74, 6) is 1.74. The number of ether oxygens (including phenoxy) is 3. The lowest BCUT2D eigenvalue weighted by Gasteiger charge is -2.26. The lowest BCUT2D eigenvalue weighted by atomic mass is 10.2. The smallest absolute Gasteiger partial charge is 0.264 e. The van der Waals surface area contributed by atoms with Gasteiger partial charge in [0.25, 0.3) is 10.0 Å². The van der Waals surface area contributed by atoms with Crippen LogP contribution in [-0.2, 0) is 16.6 Å². The Morgan fingerprint density at radius 2 is 1.40 bits per heavy atom. The Kier molecular flexibility index (Phi) is 6.52. The molecular formula is C23H25NO5S. The molecule has 0 atom stereocenters. The number of benzene rings is 3. The van der Waals surface area contributed by atoms with Gasteiger partial charge in [-0.2, -0.15) is 0 Å². The summed E-state index contributed by atoms with van der Waals surface area (Å²) < 4.78 is 44.7. The highest BCUT2D eigenvalue weighted by atomic mass is 32.2. The minimum absolute atomic E-state index is 0.0946. The Bertz CT molecular complexity index is 1110. The van der Waals surface area contributed by atoms with E-state index in [1.165, 1.54) is 4.31 Å². The molecule has 3 aromatic rings. The topological polar surface area (TPSA) is 65.1 Å². The number of nitrogens with zero attached hydrogens (tertiary/aromatic N) is 1. The summed E-state index contributed by atoms with van der Waals surface area (Å²) in [5, 5.41) is 0. The van der Waals surface area contributed by atoms with Crippen molar-refractivity contribution < 1.29 is 22.6 Å². The standard InChI is InChI=1S/C23H25NO5S/c1-17-8-5-6-11-23(17)30(25,26)24(19-9-7-10-20(14-19)27-2)16-18-12-21(28-3)15-22(13-18)29-4/h5-15H,16H2,1-4H3. The van der Waals surface area contributed by atoms with Crippen molar-refractivity contribution in [3.8, 4) is 17.2 Å². The molecule has 6 nitrogen and oxygen atoms in total. The minimum atomic E-state index is -3.85. The summed E-state index contributed by atoms with van der Waals surface area (Å²) >= 11 is 0. The molecule has 0 saturated carbocycles. The van der Waals surface area contributed by atoms with Crippen LogP contribution in [0, 0.1) is 6.92 Å². The summed E-state index contributed by atoms with van der Waals surface area (Å²) in [7, 11) is 0.813. The second kappa shape index (κ2) is 9.09. The van der Waals surface area contributed by atoms with Crippen molar-refractivity contribution in [2.45, 2.75) is 18.4 Å². The van der Waals surface area contributed by atoms with E-state index in [-0.39, 0.29) is 11.4 Å².